The van der Waals surface area contributed by atoms with Gasteiger partial charge in [-0.15, -0.1) is 0 Å². The number of aryl methyl sites for hydroxylation is 2. The highest BCUT2D eigenvalue weighted by Crippen LogP contribution is 2.13. The first-order valence-electron chi connectivity index (χ1n) is 6.60. The number of aromatic nitrogens is 1. The van der Waals surface area contributed by atoms with Gasteiger partial charge in [-0.2, -0.15) is 0 Å². The Morgan fingerprint density at radius 1 is 1.00 bits per heavy atom. The number of hydrazine groups is 1. The summed E-state index contributed by atoms with van der Waals surface area (Å²) >= 11 is 0. The lowest BCUT2D eigenvalue weighted by Crippen LogP contribution is -2.38. The van der Waals surface area contributed by atoms with Crippen molar-refractivity contribution in [2.24, 2.45) is 5.84 Å². The Balaban J connectivity index is 2.04. The fourth-order valence-electron chi connectivity index (χ4n) is 2.21. The summed E-state index contributed by atoms with van der Waals surface area (Å²) in [5, 5.41) is 0. The highest BCUT2D eigenvalue weighted by molar-refractivity contribution is 5.30. The largest absolute Gasteiger partial charge is 0.271 e. The van der Waals surface area contributed by atoms with Gasteiger partial charge in [-0.1, -0.05) is 18.2 Å². The van der Waals surface area contributed by atoms with E-state index in [1.54, 1.807) is 0 Å². The molecule has 3 N–H and O–H groups in total. The van der Waals surface area contributed by atoms with E-state index in [4.69, 9.17) is 5.84 Å². The van der Waals surface area contributed by atoms with Crippen molar-refractivity contribution in [1.29, 1.82) is 0 Å². The lowest BCUT2D eigenvalue weighted by atomic mass is 9.97. The molecule has 19 heavy (non-hydrogen) atoms. The van der Waals surface area contributed by atoms with Gasteiger partial charge in [-0.05, 0) is 61.1 Å². The van der Waals surface area contributed by atoms with Crippen molar-refractivity contribution in [2.45, 2.75) is 32.7 Å². The molecule has 0 aliphatic carbocycles. The number of benzene rings is 1. The predicted molar refractivity (Wildman–Crippen MR) is 78.7 cm³/mol. The van der Waals surface area contributed by atoms with E-state index in [-0.39, 0.29) is 6.04 Å². The minimum Gasteiger partial charge on any atom is -0.271 e. The summed E-state index contributed by atoms with van der Waals surface area (Å²) in [6.45, 7) is 4.28. The Hall–Kier alpha value is -1.71. The van der Waals surface area contributed by atoms with Gasteiger partial charge >= 0.3 is 0 Å². The van der Waals surface area contributed by atoms with Crippen molar-refractivity contribution in [1.82, 2.24) is 10.4 Å². The number of nitrogens with two attached hydrogens (primary N) is 1. The molecule has 1 unspecified atom stereocenters. The normalized spacial score (nSPS) is 12.4. The lowest BCUT2D eigenvalue weighted by Gasteiger charge is -2.16. The maximum absolute atomic E-state index is 5.67. The SMILES string of the molecule is Cc1ccc(CC(Cc2ccncc2)NN)cc1C. The smallest absolute Gasteiger partial charge is 0.0291 e. The van der Waals surface area contributed by atoms with Crippen LogP contribution in [0.4, 0.5) is 0 Å². The van der Waals surface area contributed by atoms with Crippen LogP contribution in [0.15, 0.2) is 42.7 Å². The van der Waals surface area contributed by atoms with E-state index in [1.807, 2.05) is 24.5 Å². The first-order valence-corrected chi connectivity index (χ1v) is 6.60. The van der Waals surface area contributed by atoms with Gasteiger partial charge in [-0.3, -0.25) is 16.3 Å². The van der Waals surface area contributed by atoms with E-state index < -0.39 is 0 Å². The summed E-state index contributed by atoms with van der Waals surface area (Å²) in [5.41, 5.74) is 8.14. The van der Waals surface area contributed by atoms with Gasteiger partial charge in [0.2, 0.25) is 0 Å². The van der Waals surface area contributed by atoms with Crippen molar-refractivity contribution in [3.05, 3.63) is 65.0 Å². The number of nitrogens with one attached hydrogen (secondary N) is 1. The molecule has 0 aliphatic rings. The van der Waals surface area contributed by atoms with Crippen LogP contribution in [0, 0.1) is 13.8 Å². The number of hydrogen-bond acceptors (Lipinski definition) is 3. The van der Waals surface area contributed by atoms with Crippen LogP contribution in [-0.4, -0.2) is 11.0 Å². The number of nitrogens with zero attached hydrogens (tertiary/aromatic N) is 1. The third-order valence-electron chi connectivity index (χ3n) is 3.52. The summed E-state index contributed by atoms with van der Waals surface area (Å²) < 4.78 is 0. The highest BCUT2D eigenvalue weighted by Gasteiger charge is 2.09. The molecule has 0 saturated carbocycles. The Kier molecular flexibility index (Phi) is 4.66. The van der Waals surface area contributed by atoms with Crippen LogP contribution in [0.5, 0.6) is 0 Å². The summed E-state index contributed by atoms with van der Waals surface area (Å²) in [6, 6.07) is 10.9. The van der Waals surface area contributed by atoms with Crippen LogP contribution < -0.4 is 11.3 Å². The summed E-state index contributed by atoms with van der Waals surface area (Å²) in [5.74, 6) is 5.67. The molecule has 0 fully saturated rings. The van der Waals surface area contributed by atoms with E-state index in [9.17, 15) is 0 Å². The summed E-state index contributed by atoms with van der Waals surface area (Å²) in [4.78, 5) is 4.03. The minimum atomic E-state index is 0.240. The second-order valence-electron chi connectivity index (χ2n) is 5.05. The fourth-order valence-corrected chi connectivity index (χ4v) is 2.21. The third kappa shape index (κ3) is 3.88. The maximum Gasteiger partial charge on any atom is 0.0291 e. The molecule has 2 rings (SSSR count). The lowest BCUT2D eigenvalue weighted by molar-refractivity contribution is 0.522. The molecular weight excluding hydrogens is 234 g/mol. The molecular formula is C16H21N3. The van der Waals surface area contributed by atoms with Crippen molar-refractivity contribution in [3.63, 3.8) is 0 Å². The molecule has 100 valence electrons. The van der Waals surface area contributed by atoms with E-state index in [0.717, 1.165) is 12.8 Å². The number of pyridine rings is 1. The van der Waals surface area contributed by atoms with E-state index in [2.05, 4.69) is 42.5 Å². The molecule has 1 atom stereocenters. The van der Waals surface area contributed by atoms with Crippen molar-refractivity contribution < 1.29 is 0 Å². The van der Waals surface area contributed by atoms with Crippen molar-refractivity contribution in [2.75, 3.05) is 0 Å². The van der Waals surface area contributed by atoms with Gasteiger partial charge in [0.25, 0.3) is 0 Å². The molecule has 0 bridgehead atoms. The average molecular weight is 255 g/mol. The minimum absolute atomic E-state index is 0.240. The Morgan fingerprint density at radius 3 is 2.32 bits per heavy atom. The second-order valence-corrected chi connectivity index (χ2v) is 5.05. The predicted octanol–water partition coefficient (Wildman–Crippen LogP) is 2.32. The maximum atomic E-state index is 5.67. The van der Waals surface area contributed by atoms with E-state index in [0.29, 0.717) is 0 Å². The molecule has 3 nitrogen and oxygen atoms in total. The zero-order valence-corrected chi connectivity index (χ0v) is 11.6. The first kappa shape index (κ1) is 13.7. The molecule has 1 aromatic heterocycles. The molecule has 0 saturated heterocycles. The topological polar surface area (TPSA) is 50.9 Å². The van der Waals surface area contributed by atoms with E-state index in [1.165, 1.54) is 22.3 Å². The van der Waals surface area contributed by atoms with E-state index >= 15 is 0 Å². The Labute approximate surface area is 114 Å². The van der Waals surface area contributed by atoms with Crippen LogP contribution in [-0.2, 0) is 12.8 Å². The summed E-state index contributed by atoms with van der Waals surface area (Å²) in [6.07, 6.45) is 5.48. The van der Waals surface area contributed by atoms with Crippen LogP contribution in [0.25, 0.3) is 0 Å². The van der Waals surface area contributed by atoms with Gasteiger partial charge < -0.3 is 0 Å². The average Bonchev–Trinajstić information content (AvgIpc) is 2.43. The quantitative estimate of drug-likeness (QED) is 0.637. The van der Waals surface area contributed by atoms with Crippen LogP contribution in [0.1, 0.15) is 22.3 Å². The van der Waals surface area contributed by atoms with Gasteiger partial charge in [0, 0.05) is 18.4 Å². The van der Waals surface area contributed by atoms with Crippen molar-refractivity contribution in [3.8, 4) is 0 Å². The third-order valence-corrected chi connectivity index (χ3v) is 3.52. The molecule has 2 aromatic rings. The second kappa shape index (κ2) is 6.45. The number of hydrogen-bond donors (Lipinski definition) is 2. The number of rotatable bonds is 5. The van der Waals surface area contributed by atoms with Gasteiger partial charge in [0.05, 0.1) is 0 Å². The molecule has 0 radical (unpaired) electrons. The van der Waals surface area contributed by atoms with Crippen LogP contribution in [0.2, 0.25) is 0 Å². The first-order chi connectivity index (χ1) is 9.19. The molecule has 0 spiro atoms. The van der Waals surface area contributed by atoms with Crippen molar-refractivity contribution >= 4 is 0 Å². The fraction of sp³-hybridized carbons (Fsp3) is 0.312. The zero-order chi connectivity index (χ0) is 13.7. The molecule has 1 heterocycles. The van der Waals surface area contributed by atoms with Gasteiger partial charge in [0.1, 0.15) is 0 Å². The monoisotopic (exact) mass is 255 g/mol. The molecule has 3 heteroatoms. The summed E-state index contributed by atoms with van der Waals surface area (Å²) in [7, 11) is 0. The highest BCUT2D eigenvalue weighted by atomic mass is 15.2. The Morgan fingerprint density at radius 2 is 1.68 bits per heavy atom. The van der Waals surface area contributed by atoms with Gasteiger partial charge in [0.15, 0.2) is 0 Å². The molecule has 1 aromatic carbocycles. The Bertz CT molecular complexity index is 523. The molecule has 0 aliphatic heterocycles. The van der Waals surface area contributed by atoms with Crippen LogP contribution >= 0.6 is 0 Å². The zero-order valence-electron chi connectivity index (χ0n) is 11.6. The standard InChI is InChI=1S/C16H21N3/c1-12-3-4-15(9-13(12)2)11-16(19-17)10-14-5-7-18-8-6-14/h3-9,16,19H,10-11,17H2,1-2H3. The molecule has 0 amide bonds. The van der Waals surface area contributed by atoms with Crippen LogP contribution in [0.3, 0.4) is 0 Å². The van der Waals surface area contributed by atoms with Gasteiger partial charge in [-0.25, -0.2) is 0 Å².